The number of anilines is 2. The molecule has 0 spiro atoms. The molecule has 1 aliphatic heterocycles. The van der Waals surface area contributed by atoms with Crippen molar-refractivity contribution in [2.24, 2.45) is 0 Å². The van der Waals surface area contributed by atoms with Crippen molar-refractivity contribution in [3.05, 3.63) is 45.6 Å². The van der Waals surface area contributed by atoms with Crippen LogP contribution in [0.2, 0.25) is 0 Å². The van der Waals surface area contributed by atoms with Crippen LogP contribution in [0.3, 0.4) is 0 Å². The topological polar surface area (TPSA) is 56.1 Å². The van der Waals surface area contributed by atoms with E-state index in [1.54, 1.807) is 6.92 Å². The highest BCUT2D eigenvalue weighted by molar-refractivity contribution is 7.12. The lowest BCUT2D eigenvalue weighted by atomic mass is 10.1. The zero-order valence-electron chi connectivity index (χ0n) is 11.7. The maximum Gasteiger partial charge on any atom is 0.223 e. The first kappa shape index (κ1) is 13.7. The van der Waals surface area contributed by atoms with Crippen LogP contribution in [-0.2, 0) is 17.8 Å². The molecule has 1 aliphatic rings. The Morgan fingerprint density at radius 2 is 2.29 bits per heavy atom. The molecule has 0 atom stereocenters. The maximum absolute atomic E-state index is 11.5. The van der Waals surface area contributed by atoms with Crippen LogP contribution in [0.25, 0.3) is 0 Å². The summed E-state index contributed by atoms with van der Waals surface area (Å²) in [4.78, 5) is 15.2. The molecule has 1 N–H and O–H groups in total. The predicted molar refractivity (Wildman–Crippen MR) is 84.5 cm³/mol. The smallest absolute Gasteiger partial charge is 0.223 e. The number of amides is 1. The molecule has 1 aromatic heterocycles. The van der Waals surface area contributed by atoms with Crippen molar-refractivity contribution in [2.45, 2.75) is 19.9 Å². The molecule has 0 saturated heterocycles. The molecule has 2 heterocycles. The van der Waals surface area contributed by atoms with Crippen LogP contribution in [0.15, 0.2) is 30.3 Å². The number of hydrogen-bond acceptors (Lipinski definition) is 4. The maximum atomic E-state index is 11.5. The molecule has 3 rings (SSSR count). The lowest BCUT2D eigenvalue weighted by Crippen LogP contribution is -2.25. The summed E-state index contributed by atoms with van der Waals surface area (Å²) in [7, 11) is 0. The highest BCUT2D eigenvalue weighted by Crippen LogP contribution is 2.30. The number of carbonyl (C=O) groups excluding carboxylic acids is 1. The van der Waals surface area contributed by atoms with E-state index < -0.39 is 0 Å². The molecular weight excluding hydrogens is 282 g/mol. The van der Waals surface area contributed by atoms with E-state index in [1.165, 1.54) is 16.9 Å². The van der Waals surface area contributed by atoms with E-state index in [-0.39, 0.29) is 5.91 Å². The van der Waals surface area contributed by atoms with Gasteiger partial charge in [0.1, 0.15) is 10.9 Å². The van der Waals surface area contributed by atoms with Gasteiger partial charge in [0.25, 0.3) is 0 Å². The lowest BCUT2D eigenvalue weighted by Gasteiger charge is -2.15. The van der Waals surface area contributed by atoms with Gasteiger partial charge in [-0.05, 0) is 42.3 Å². The average Bonchev–Trinajstić information content (AvgIpc) is 3.11. The molecule has 4 nitrogen and oxygen atoms in total. The lowest BCUT2D eigenvalue weighted by molar-refractivity contribution is -0.116. The minimum Gasteiger partial charge on any atom is -0.380 e. The Morgan fingerprint density at radius 1 is 1.43 bits per heavy atom. The zero-order chi connectivity index (χ0) is 14.8. The molecule has 0 aliphatic carbocycles. The van der Waals surface area contributed by atoms with Crippen molar-refractivity contribution in [1.29, 1.82) is 5.26 Å². The first-order valence-corrected chi connectivity index (χ1v) is 7.63. The van der Waals surface area contributed by atoms with Crippen LogP contribution in [0.1, 0.15) is 22.2 Å². The quantitative estimate of drug-likeness (QED) is 0.947. The fourth-order valence-corrected chi connectivity index (χ4v) is 3.31. The van der Waals surface area contributed by atoms with Gasteiger partial charge in [0.05, 0.1) is 0 Å². The van der Waals surface area contributed by atoms with E-state index in [2.05, 4.69) is 17.5 Å². The van der Waals surface area contributed by atoms with Crippen molar-refractivity contribution in [2.75, 3.05) is 16.8 Å². The number of nitrogens with zero attached hydrogens (tertiary/aromatic N) is 2. The minimum absolute atomic E-state index is 0.0945. The number of thiophene rings is 1. The summed E-state index contributed by atoms with van der Waals surface area (Å²) in [5.41, 5.74) is 3.28. The Hall–Kier alpha value is -2.32. The average molecular weight is 297 g/mol. The van der Waals surface area contributed by atoms with Crippen molar-refractivity contribution >= 4 is 28.6 Å². The summed E-state index contributed by atoms with van der Waals surface area (Å²) in [5.74, 6) is 0.0945. The van der Waals surface area contributed by atoms with Gasteiger partial charge in [-0.25, -0.2) is 0 Å². The fraction of sp³-hybridized carbons (Fsp3) is 0.250. The Kier molecular flexibility index (Phi) is 3.63. The van der Waals surface area contributed by atoms with E-state index in [4.69, 9.17) is 5.26 Å². The number of benzene rings is 1. The summed E-state index contributed by atoms with van der Waals surface area (Å²) < 4.78 is 0. The molecule has 5 heteroatoms. The number of nitriles is 1. The number of fused-ring (bicyclic) bond motifs is 1. The first-order valence-electron chi connectivity index (χ1n) is 6.81. The molecule has 1 aromatic carbocycles. The standard InChI is InChI=1S/C16H15N3OS/c1-11(20)19-7-6-12-8-13(2-5-16(12)19)18-10-15-4-3-14(9-17)21-15/h2-5,8,18H,6-7,10H2,1H3. The SMILES string of the molecule is CC(=O)N1CCc2cc(NCc3ccc(C#N)s3)ccc21. The van der Waals surface area contributed by atoms with Crippen LogP contribution < -0.4 is 10.2 Å². The molecule has 0 bridgehead atoms. The molecule has 0 unspecified atom stereocenters. The van der Waals surface area contributed by atoms with E-state index in [0.29, 0.717) is 6.54 Å². The van der Waals surface area contributed by atoms with Crippen molar-refractivity contribution in [3.63, 3.8) is 0 Å². The predicted octanol–water partition coefficient (Wildman–Crippen LogP) is 3.14. The van der Waals surface area contributed by atoms with E-state index >= 15 is 0 Å². The zero-order valence-corrected chi connectivity index (χ0v) is 12.5. The Bertz CT molecular complexity index is 729. The molecule has 106 valence electrons. The van der Waals surface area contributed by atoms with Gasteiger partial charge in [-0.2, -0.15) is 5.26 Å². The van der Waals surface area contributed by atoms with E-state index in [9.17, 15) is 4.79 Å². The van der Waals surface area contributed by atoms with Gasteiger partial charge < -0.3 is 10.2 Å². The number of nitrogens with one attached hydrogen (secondary N) is 1. The highest BCUT2D eigenvalue weighted by atomic mass is 32.1. The van der Waals surface area contributed by atoms with Crippen molar-refractivity contribution in [3.8, 4) is 6.07 Å². The Morgan fingerprint density at radius 3 is 3.00 bits per heavy atom. The molecule has 0 saturated carbocycles. The Labute approximate surface area is 127 Å². The molecule has 1 amide bonds. The van der Waals surface area contributed by atoms with E-state index in [0.717, 1.165) is 34.1 Å². The summed E-state index contributed by atoms with van der Waals surface area (Å²) in [6.07, 6.45) is 0.905. The normalized spacial score (nSPS) is 12.9. The summed E-state index contributed by atoms with van der Waals surface area (Å²) in [6.45, 7) is 3.08. The highest BCUT2D eigenvalue weighted by Gasteiger charge is 2.21. The van der Waals surface area contributed by atoms with Gasteiger partial charge in [-0.1, -0.05) is 0 Å². The van der Waals surface area contributed by atoms with Crippen LogP contribution in [0, 0.1) is 11.3 Å². The van der Waals surface area contributed by atoms with Gasteiger partial charge >= 0.3 is 0 Å². The van der Waals surface area contributed by atoms with Gasteiger partial charge in [-0.15, -0.1) is 11.3 Å². The number of hydrogen-bond donors (Lipinski definition) is 1. The first-order chi connectivity index (χ1) is 10.2. The van der Waals surface area contributed by atoms with Crippen LogP contribution >= 0.6 is 11.3 Å². The van der Waals surface area contributed by atoms with Gasteiger partial charge in [0.15, 0.2) is 0 Å². The largest absolute Gasteiger partial charge is 0.380 e. The summed E-state index contributed by atoms with van der Waals surface area (Å²) >= 11 is 1.51. The number of rotatable bonds is 3. The molecule has 0 radical (unpaired) electrons. The van der Waals surface area contributed by atoms with Crippen LogP contribution in [-0.4, -0.2) is 12.5 Å². The molecule has 2 aromatic rings. The monoisotopic (exact) mass is 297 g/mol. The van der Waals surface area contributed by atoms with Crippen LogP contribution in [0.5, 0.6) is 0 Å². The Balaban J connectivity index is 1.70. The van der Waals surface area contributed by atoms with Crippen molar-refractivity contribution < 1.29 is 4.79 Å². The van der Waals surface area contributed by atoms with Gasteiger partial charge in [0, 0.05) is 36.3 Å². The summed E-state index contributed by atoms with van der Waals surface area (Å²) in [6, 6.07) is 12.1. The second-order valence-electron chi connectivity index (χ2n) is 5.00. The molecule has 21 heavy (non-hydrogen) atoms. The fourth-order valence-electron chi connectivity index (χ4n) is 2.56. The third-order valence-corrected chi connectivity index (χ3v) is 4.58. The second-order valence-corrected chi connectivity index (χ2v) is 6.16. The number of carbonyl (C=O) groups is 1. The van der Waals surface area contributed by atoms with Gasteiger partial charge in [0.2, 0.25) is 5.91 Å². The minimum atomic E-state index is 0.0945. The van der Waals surface area contributed by atoms with Crippen molar-refractivity contribution in [1.82, 2.24) is 0 Å². The molecular formula is C16H15N3OS. The third-order valence-electron chi connectivity index (χ3n) is 3.59. The molecule has 0 fully saturated rings. The van der Waals surface area contributed by atoms with E-state index in [1.807, 2.05) is 29.2 Å². The van der Waals surface area contributed by atoms with Crippen LogP contribution in [0.4, 0.5) is 11.4 Å². The summed E-state index contributed by atoms with van der Waals surface area (Å²) in [5, 5.41) is 12.2. The van der Waals surface area contributed by atoms with Gasteiger partial charge in [-0.3, -0.25) is 4.79 Å². The third kappa shape index (κ3) is 2.76. The second kappa shape index (κ2) is 5.58.